The first-order valence-corrected chi connectivity index (χ1v) is 9.10. The van der Waals surface area contributed by atoms with Crippen molar-refractivity contribution < 1.29 is 4.79 Å². The van der Waals surface area contributed by atoms with Crippen LogP contribution in [-0.4, -0.2) is 25.2 Å². The van der Waals surface area contributed by atoms with Crippen LogP contribution in [0.25, 0.3) is 11.4 Å². The molecule has 140 valence electrons. The smallest absolute Gasteiger partial charge is 0.251 e. The highest BCUT2D eigenvalue weighted by Gasteiger charge is 2.14. The highest BCUT2D eigenvalue weighted by molar-refractivity contribution is 5.94. The summed E-state index contributed by atoms with van der Waals surface area (Å²) in [4.78, 5) is 16.6. The van der Waals surface area contributed by atoms with Crippen LogP contribution in [0.2, 0.25) is 0 Å². The second kappa shape index (κ2) is 7.52. The van der Waals surface area contributed by atoms with Gasteiger partial charge in [0.2, 0.25) is 0 Å². The van der Waals surface area contributed by atoms with Gasteiger partial charge in [-0.05, 0) is 50.2 Å². The van der Waals surface area contributed by atoms with Crippen molar-refractivity contribution in [1.29, 1.82) is 0 Å². The van der Waals surface area contributed by atoms with Crippen molar-refractivity contribution in [3.05, 3.63) is 95.8 Å². The zero-order valence-electron chi connectivity index (χ0n) is 15.8. The number of hydrogen-bond acceptors (Lipinski definition) is 3. The van der Waals surface area contributed by atoms with Crippen molar-refractivity contribution in [2.24, 2.45) is 0 Å². The zero-order valence-corrected chi connectivity index (χ0v) is 15.8. The van der Waals surface area contributed by atoms with Gasteiger partial charge in [-0.3, -0.25) is 4.79 Å². The van der Waals surface area contributed by atoms with Gasteiger partial charge in [-0.25, -0.2) is 9.67 Å². The molecule has 0 fully saturated rings. The van der Waals surface area contributed by atoms with Crippen molar-refractivity contribution >= 4 is 5.91 Å². The molecule has 1 amide bonds. The number of carbonyl (C=O) groups is 1. The topological polar surface area (TPSA) is 64.7 Å². The van der Waals surface area contributed by atoms with Crippen LogP contribution in [-0.2, 0) is 6.54 Å². The summed E-state index contributed by atoms with van der Waals surface area (Å²) in [7, 11) is 0. The predicted molar refractivity (Wildman–Crippen MR) is 108 cm³/mol. The van der Waals surface area contributed by atoms with E-state index in [-0.39, 0.29) is 5.91 Å². The molecule has 0 aliphatic heterocycles. The quantitative estimate of drug-likeness (QED) is 0.583. The van der Waals surface area contributed by atoms with E-state index in [2.05, 4.69) is 15.4 Å². The van der Waals surface area contributed by atoms with Gasteiger partial charge in [0.1, 0.15) is 0 Å². The maximum atomic E-state index is 12.6. The Balaban J connectivity index is 1.47. The SMILES string of the molecule is Cc1nn(-c2ccccc2)c(C)c1CNC(=O)c1ccc(-n2ccnc2)cc1. The van der Waals surface area contributed by atoms with Gasteiger partial charge in [-0.2, -0.15) is 5.10 Å². The third kappa shape index (κ3) is 3.44. The normalized spacial score (nSPS) is 10.8. The fourth-order valence-corrected chi connectivity index (χ4v) is 3.22. The Labute approximate surface area is 163 Å². The molecule has 28 heavy (non-hydrogen) atoms. The molecule has 0 radical (unpaired) electrons. The lowest BCUT2D eigenvalue weighted by molar-refractivity contribution is 0.0951. The number of nitrogens with zero attached hydrogens (tertiary/aromatic N) is 4. The lowest BCUT2D eigenvalue weighted by Crippen LogP contribution is -2.23. The predicted octanol–water partition coefficient (Wildman–Crippen LogP) is 3.60. The van der Waals surface area contributed by atoms with E-state index in [1.807, 2.05) is 83.9 Å². The standard InChI is InChI=1S/C22H21N5O/c1-16-21(17(2)27(25-16)20-6-4-3-5-7-20)14-24-22(28)18-8-10-19(11-9-18)26-13-12-23-15-26/h3-13,15H,14H2,1-2H3,(H,24,28). The number of imidazole rings is 1. The van der Waals surface area contributed by atoms with Crippen LogP contribution in [0.15, 0.2) is 73.3 Å². The van der Waals surface area contributed by atoms with Crippen LogP contribution in [0.5, 0.6) is 0 Å². The van der Waals surface area contributed by atoms with Gasteiger partial charge in [0.25, 0.3) is 5.91 Å². The summed E-state index contributed by atoms with van der Waals surface area (Å²) in [6.07, 6.45) is 5.32. The summed E-state index contributed by atoms with van der Waals surface area (Å²) in [5.41, 5.74) is 5.57. The Kier molecular flexibility index (Phi) is 4.76. The molecule has 0 saturated heterocycles. The summed E-state index contributed by atoms with van der Waals surface area (Å²) >= 11 is 0. The van der Waals surface area contributed by atoms with Gasteiger partial charge in [0.05, 0.1) is 17.7 Å². The highest BCUT2D eigenvalue weighted by Crippen LogP contribution is 2.18. The molecule has 2 aromatic heterocycles. The number of hydrogen-bond donors (Lipinski definition) is 1. The molecular formula is C22H21N5O. The van der Waals surface area contributed by atoms with Crippen molar-refractivity contribution in [2.75, 3.05) is 0 Å². The molecule has 4 rings (SSSR count). The molecule has 0 saturated carbocycles. The number of aryl methyl sites for hydroxylation is 1. The minimum atomic E-state index is -0.108. The number of amides is 1. The van der Waals surface area contributed by atoms with Gasteiger partial charge >= 0.3 is 0 Å². The van der Waals surface area contributed by atoms with E-state index < -0.39 is 0 Å². The molecule has 0 unspecified atom stereocenters. The molecule has 6 nitrogen and oxygen atoms in total. The Morgan fingerprint density at radius 3 is 2.43 bits per heavy atom. The van der Waals surface area contributed by atoms with Crippen LogP contribution in [0.3, 0.4) is 0 Å². The molecule has 0 aliphatic carbocycles. The third-order valence-electron chi connectivity index (χ3n) is 4.80. The van der Waals surface area contributed by atoms with Gasteiger partial charge in [0, 0.05) is 41.4 Å². The van der Waals surface area contributed by atoms with E-state index in [4.69, 9.17) is 0 Å². The second-order valence-corrected chi connectivity index (χ2v) is 6.60. The fraction of sp³-hybridized carbons (Fsp3) is 0.136. The van der Waals surface area contributed by atoms with Gasteiger partial charge in [-0.15, -0.1) is 0 Å². The Hall–Kier alpha value is -3.67. The molecule has 4 aromatic rings. The van der Waals surface area contributed by atoms with E-state index in [1.165, 1.54) is 0 Å². The van der Waals surface area contributed by atoms with Crippen LogP contribution in [0, 0.1) is 13.8 Å². The third-order valence-corrected chi connectivity index (χ3v) is 4.80. The minimum absolute atomic E-state index is 0.108. The van der Waals surface area contributed by atoms with Crippen LogP contribution in [0.4, 0.5) is 0 Å². The number of carbonyl (C=O) groups excluding carboxylic acids is 1. The maximum Gasteiger partial charge on any atom is 0.251 e. The average Bonchev–Trinajstić information content (AvgIpc) is 3.36. The van der Waals surface area contributed by atoms with Gasteiger partial charge in [0.15, 0.2) is 0 Å². The molecule has 0 bridgehead atoms. The number of nitrogens with one attached hydrogen (secondary N) is 1. The summed E-state index contributed by atoms with van der Waals surface area (Å²) in [6.45, 7) is 4.43. The maximum absolute atomic E-state index is 12.6. The number of benzene rings is 2. The monoisotopic (exact) mass is 371 g/mol. The first-order chi connectivity index (χ1) is 13.6. The molecule has 0 atom stereocenters. The Morgan fingerprint density at radius 2 is 1.75 bits per heavy atom. The highest BCUT2D eigenvalue weighted by atomic mass is 16.1. The molecule has 0 aliphatic rings. The number of rotatable bonds is 5. The summed E-state index contributed by atoms with van der Waals surface area (Å²) in [6, 6.07) is 17.4. The van der Waals surface area contributed by atoms with Crippen molar-refractivity contribution in [3.63, 3.8) is 0 Å². The molecular weight excluding hydrogens is 350 g/mol. The second-order valence-electron chi connectivity index (χ2n) is 6.60. The van der Waals surface area contributed by atoms with Crippen LogP contribution >= 0.6 is 0 Å². The Bertz CT molecular complexity index is 1080. The van der Waals surface area contributed by atoms with Crippen molar-refractivity contribution in [1.82, 2.24) is 24.6 Å². The van der Waals surface area contributed by atoms with E-state index in [1.54, 1.807) is 12.5 Å². The first kappa shape index (κ1) is 17.7. The number of para-hydroxylation sites is 1. The molecule has 2 heterocycles. The molecule has 6 heteroatoms. The molecule has 0 spiro atoms. The summed E-state index contributed by atoms with van der Waals surface area (Å²) in [5, 5.41) is 7.63. The summed E-state index contributed by atoms with van der Waals surface area (Å²) < 4.78 is 3.81. The largest absolute Gasteiger partial charge is 0.348 e. The van der Waals surface area contributed by atoms with Gasteiger partial charge < -0.3 is 9.88 Å². The Morgan fingerprint density at radius 1 is 1.00 bits per heavy atom. The van der Waals surface area contributed by atoms with Crippen molar-refractivity contribution in [3.8, 4) is 11.4 Å². The van der Waals surface area contributed by atoms with E-state index in [0.717, 1.165) is 28.3 Å². The summed E-state index contributed by atoms with van der Waals surface area (Å²) in [5.74, 6) is -0.108. The number of aromatic nitrogens is 4. The van der Waals surface area contributed by atoms with Gasteiger partial charge in [-0.1, -0.05) is 18.2 Å². The minimum Gasteiger partial charge on any atom is -0.348 e. The lowest BCUT2D eigenvalue weighted by Gasteiger charge is -2.08. The zero-order chi connectivity index (χ0) is 19.5. The van der Waals surface area contributed by atoms with E-state index in [0.29, 0.717) is 12.1 Å². The lowest BCUT2D eigenvalue weighted by atomic mass is 10.1. The van der Waals surface area contributed by atoms with E-state index in [9.17, 15) is 4.79 Å². The van der Waals surface area contributed by atoms with E-state index >= 15 is 0 Å². The fourth-order valence-electron chi connectivity index (χ4n) is 3.22. The molecule has 1 N–H and O–H groups in total. The van der Waals surface area contributed by atoms with Crippen LogP contribution < -0.4 is 5.32 Å². The average molecular weight is 371 g/mol. The van der Waals surface area contributed by atoms with Crippen molar-refractivity contribution in [2.45, 2.75) is 20.4 Å². The molecule has 2 aromatic carbocycles. The van der Waals surface area contributed by atoms with Crippen LogP contribution in [0.1, 0.15) is 27.3 Å². The first-order valence-electron chi connectivity index (χ1n) is 9.10.